The van der Waals surface area contributed by atoms with Crippen LogP contribution in [-0.4, -0.2) is 30.0 Å². The van der Waals surface area contributed by atoms with Gasteiger partial charge in [0.2, 0.25) is 0 Å². The normalized spacial score (nSPS) is 15.9. The van der Waals surface area contributed by atoms with Crippen LogP contribution < -0.4 is 10.1 Å². The molecule has 1 aliphatic heterocycles. The van der Waals surface area contributed by atoms with Gasteiger partial charge >= 0.3 is 0 Å². The van der Waals surface area contributed by atoms with Crippen molar-refractivity contribution < 1.29 is 9.53 Å². The average Bonchev–Trinajstić information content (AvgIpc) is 2.69. The van der Waals surface area contributed by atoms with Gasteiger partial charge < -0.3 is 10.1 Å². The second kappa shape index (κ2) is 9.90. The molecule has 1 N–H and O–H groups in total. The van der Waals surface area contributed by atoms with Gasteiger partial charge in [0.05, 0.1) is 0 Å². The average molecular weight is 431 g/mol. The van der Waals surface area contributed by atoms with Crippen molar-refractivity contribution in [3.63, 3.8) is 0 Å². The molecule has 144 valence electrons. The number of piperidine rings is 1. The number of benzene rings is 2. The number of nitrogens with zero attached hydrogens (tertiary/aromatic N) is 1. The van der Waals surface area contributed by atoms with Crippen molar-refractivity contribution in [2.45, 2.75) is 45.4 Å². The van der Waals surface area contributed by atoms with E-state index in [1.807, 2.05) is 30.3 Å². The van der Waals surface area contributed by atoms with Gasteiger partial charge in [0.1, 0.15) is 5.75 Å². The first-order valence-corrected chi connectivity index (χ1v) is 10.4. The lowest BCUT2D eigenvalue weighted by atomic mass is 10.0. The number of hydrogen-bond acceptors (Lipinski definition) is 3. The second-order valence-electron chi connectivity index (χ2n) is 7.04. The van der Waals surface area contributed by atoms with E-state index in [1.54, 1.807) is 6.92 Å². The molecular formula is C22H27BrN2O2. The number of amides is 1. The molecule has 0 aromatic heterocycles. The number of halogens is 1. The Bertz CT molecular complexity index is 742. The minimum atomic E-state index is -0.541. The molecule has 1 heterocycles. The lowest BCUT2D eigenvalue weighted by Crippen LogP contribution is -2.36. The zero-order valence-electron chi connectivity index (χ0n) is 15.8. The van der Waals surface area contributed by atoms with Crippen molar-refractivity contribution in [1.29, 1.82) is 0 Å². The summed E-state index contributed by atoms with van der Waals surface area (Å²) in [6.45, 7) is 5.59. The van der Waals surface area contributed by atoms with Gasteiger partial charge in [0.25, 0.3) is 5.91 Å². The monoisotopic (exact) mass is 430 g/mol. The summed E-state index contributed by atoms with van der Waals surface area (Å²) < 4.78 is 6.71. The fraction of sp³-hybridized carbons (Fsp3) is 0.409. The van der Waals surface area contributed by atoms with Gasteiger partial charge in [-0.15, -0.1) is 0 Å². The summed E-state index contributed by atoms with van der Waals surface area (Å²) >= 11 is 3.40. The molecule has 4 nitrogen and oxygen atoms in total. The summed E-state index contributed by atoms with van der Waals surface area (Å²) in [6, 6.07) is 15.9. The third-order valence-corrected chi connectivity index (χ3v) is 5.44. The lowest BCUT2D eigenvalue weighted by molar-refractivity contribution is -0.127. The highest BCUT2D eigenvalue weighted by atomic mass is 79.9. The van der Waals surface area contributed by atoms with Crippen LogP contribution in [0.1, 0.15) is 37.3 Å². The van der Waals surface area contributed by atoms with Crippen LogP contribution in [-0.2, 0) is 17.9 Å². The van der Waals surface area contributed by atoms with Gasteiger partial charge in [0, 0.05) is 17.6 Å². The van der Waals surface area contributed by atoms with E-state index in [-0.39, 0.29) is 5.91 Å². The van der Waals surface area contributed by atoms with Crippen LogP contribution >= 0.6 is 15.9 Å². The first-order chi connectivity index (χ1) is 13.1. The number of nitrogens with one attached hydrogen (secondary N) is 1. The third kappa shape index (κ3) is 6.08. The van der Waals surface area contributed by atoms with E-state index in [0.717, 1.165) is 11.0 Å². The van der Waals surface area contributed by atoms with Crippen LogP contribution in [0, 0.1) is 0 Å². The maximum absolute atomic E-state index is 12.4. The Kier molecular flexibility index (Phi) is 7.30. The molecule has 1 atom stereocenters. The van der Waals surface area contributed by atoms with Crippen molar-refractivity contribution in [2.75, 3.05) is 13.1 Å². The fourth-order valence-corrected chi connectivity index (χ4v) is 3.60. The first kappa shape index (κ1) is 19.9. The highest BCUT2D eigenvalue weighted by Gasteiger charge is 2.16. The zero-order valence-corrected chi connectivity index (χ0v) is 17.4. The molecule has 2 aromatic rings. The largest absolute Gasteiger partial charge is 0.481 e. The molecule has 0 aliphatic carbocycles. The number of rotatable bonds is 7. The van der Waals surface area contributed by atoms with Gasteiger partial charge in [-0.2, -0.15) is 0 Å². The summed E-state index contributed by atoms with van der Waals surface area (Å²) in [6.07, 6.45) is 3.36. The van der Waals surface area contributed by atoms with Crippen LogP contribution in [0.4, 0.5) is 0 Å². The van der Waals surface area contributed by atoms with E-state index in [0.29, 0.717) is 12.3 Å². The Balaban J connectivity index is 1.54. The summed E-state index contributed by atoms with van der Waals surface area (Å²) in [5.41, 5.74) is 2.47. The zero-order chi connectivity index (χ0) is 19.1. The van der Waals surface area contributed by atoms with Crippen LogP contribution in [0.5, 0.6) is 5.75 Å². The summed E-state index contributed by atoms with van der Waals surface area (Å²) in [7, 11) is 0. The Hall–Kier alpha value is -1.85. The van der Waals surface area contributed by atoms with Crippen LogP contribution in [0.2, 0.25) is 0 Å². The number of carbonyl (C=O) groups is 1. The molecule has 1 amide bonds. The second-order valence-corrected chi connectivity index (χ2v) is 7.95. The summed E-state index contributed by atoms with van der Waals surface area (Å²) in [5.74, 6) is 0.581. The van der Waals surface area contributed by atoms with Crippen LogP contribution in [0.15, 0.2) is 53.0 Å². The van der Waals surface area contributed by atoms with E-state index >= 15 is 0 Å². The number of likely N-dealkylation sites (tertiary alicyclic amines) is 1. The molecular weight excluding hydrogens is 404 g/mol. The highest BCUT2D eigenvalue weighted by molar-refractivity contribution is 9.10. The first-order valence-electron chi connectivity index (χ1n) is 9.61. The van der Waals surface area contributed by atoms with Gasteiger partial charge in [-0.3, -0.25) is 9.69 Å². The standard InChI is InChI=1S/C22H27BrN2O2/c1-17(27-21-11-9-20(23)10-12-21)22(26)24-15-18-7-3-4-8-19(18)16-25-13-5-2-6-14-25/h3-4,7-12,17H,2,5-6,13-16H2,1H3,(H,24,26). The number of carbonyl (C=O) groups excluding carboxylic acids is 1. The number of ether oxygens (including phenoxy) is 1. The van der Waals surface area contributed by atoms with E-state index in [9.17, 15) is 4.79 Å². The van der Waals surface area contributed by atoms with Crippen LogP contribution in [0.25, 0.3) is 0 Å². The minimum absolute atomic E-state index is 0.106. The Morgan fingerprint density at radius 3 is 2.44 bits per heavy atom. The quantitative estimate of drug-likeness (QED) is 0.701. The molecule has 0 spiro atoms. The van der Waals surface area contributed by atoms with Crippen molar-refractivity contribution in [2.24, 2.45) is 0 Å². The van der Waals surface area contributed by atoms with Gasteiger partial charge in [-0.05, 0) is 68.2 Å². The van der Waals surface area contributed by atoms with E-state index in [2.05, 4.69) is 44.3 Å². The van der Waals surface area contributed by atoms with E-state index in [4.69, 9.17) is 4.74 Å². The smallest absolute Gasteiger partial charge is 0.261 e. The predicted octanol–water partition coefficient (Wildman–Crippen LogP) is 4.52. The molecule has 2 aromatic carbocycles. The molecule has 1 unspecified atom stereocenters. The van der Waals surface area contributed by atoms with Crippen LogP contribution in [0.3, 0.4) is 0 Å². The maximum atomic E-state index is 12.4. The molecule has 3 rings (SSSR count). The van der Waals surface area contributed by atoms with Crippen molar-refractivity contribution >= 4 is 21.8 Å². The summed E-state index contributed by atoms with van der Waals surface area (Å²) in [4.78, 5) is 14.9. The Morgan fingerprint density at radius 2 is 1.74 bits per heavy atom. The molecule has 0 bridgehead atoms. The topological polar surface area (TPSA) is 41.6 Å². The van der Waals surface area contributed by atoms with Gasteiger partial charge in [0.15, 0.2) is 6.10 Å². The van der Waals surface area contributed by atoms with Crippen molar-refractivity contribution in [3.8, 4) is 5.75 Å². The molecule has 27 heavy (non-hydrogen) atoms. The molecule has 1 saturated heterocycles. The Labute approximate surface area is 170 Å². The van der Waals surface area contributed by atoms with E-state index < -0.39 is 6.10 Å². The minimum Gasteiger partial charge on any atom is -0.481 e. The molecule has 1 fully saturated rings. The van der Waals surface area contributed by atoms with Gasteiger partial charge in [-0.25, -0.2) is 0 Å². The summed E-state index contributed by atoms with van der Waals surface area (Å²) in [5, 5.41) is 3.02. The van der Waals surface area contributed by atoms with Crippen molar-refractivity contribution in [3.05, 3.63) is 64.1 Å². The SMILES string of the molecule is CC(Oc1ccc(Br)cc1)C(=O)NCc1ccccc1CN1CCCCC1. The predicted molar refractivity (Wildman–Crippen MR) is 112 cm³/mol. The fourth-order valence-electron chi connectivity index (χ4n) is 3.34. The molecule has 0 radical (unpaired) electrons. The van der Waals surface area contributed by atoms with Crippen molar-refractivity contribution in [1.82, 2.24) is 10.2 Å². The molecule has 5 heteroatoms. The highest BCUT2D eigenvalue weighted by Crippen LogP contribution is 2.18. The third-order valence-electron chi connectivity index (χ3n) is 4.91. The van der Waals surface area contributed by atoms with Gasteiger partial charge in [-0.1, -0.05) is 46.6 Å². The molecule has 0 saturated carbocycles. The maximum Gasteiger partial charge on any atom is 0.261 e. The van der Waals surface area contributed by atoms with E-state index in [1.165, 1.54) is 43.5 Å². The lowest BCUT2D eigenvalue weighted by Gasteiger charge is -2.27. The number of hydrogen-bond donors (Lipinski definition) is 1. The Morgan fingerprint density at radius 1 is 1.07 bits per heavy atom. The molecule has 1 aliphatic rings.